The first kappa shape index (κ1) is 22.2. The fourth-order valence-corrected chi connectivity index (χ4v) is 6.83. The van der Waals surface area contributed by atoms with E-state index in [2.05, 4.69) is 10.3 Å². The topological polar surface area (TPSA) is 76.2 Å². The van der Waals surface area contributed by atoms with Crippen molar-refractivity contribution in [3.8, 4) is 5.75 Å². The number of thioether (sulfide) groups is 1. The molecular weight excluding hydrogens is 460 g/mol. The summed E-state index contributed by atoms with van der Waals surface area (Å²) in [6.07, 6.45) is 0.620. The van der Waals surface area contributed by atoms with Crippen LogP contribution >= 0.6 is 11.8 Å². The fraction of sp³-hybridized carbons (Fsp3) is 0.292. The number of benzene rings is 2. The Kier molecular flexibility index (Phi) is 6.05. The summed E-state index contributed by atoms with van der Waals surface area (Å²) in [5, 5.41) is 2.98. The number of hydrogen-bond donors (Lipinski definition) is 0. The van der Waals surface area contributed by atoms with Gasteiger partial charge in [0.1, 0.15) is 5.75 Å². The zero-order valence-corrected chi connectivity index (χ0v) is 19.8. The lowest BCUT2D eigenvalue weighted by molar-refractivity contribution is 0.0730. The highest BCUT2D eigenvalue weighted by Gasteiger charge is 2.34. The number of rotatable bonds is 6. The minimum atomic E-state index is -3.66. The zero-order valence-electron chi connectivity index (χ0n) is 18.2. The van der Waals surface area contributed by atoms with Crippen LogP contribution in [0.15, 0.2) is 69.4 Å². The van der Waals surface area contributed by atoms with Crippen LogP contribution < -0.4 is 4.74 Å². The van der Waals surface area contributed by atoms with E-state index in [1.165, 1.54) is 10.4 Å². The van der Waals surface area contributed by atoms with Gasteiger partial charge in [-0.25, -0.2) is 8.42 Å². The molecule has 3 heterocycles. The van der Waals surface area contributed by atoms with Crippen LogP contribution in [-0.4, -0.2) is 63.4 Å². The van der Waals surface area contributed by atoms with Crippen LogP contribution in [0.1, 0.15) is 22.3 Å². The molecule has 5 rings (SSSR count). The largest absolute Gasteiger partial charge is 0.497 e. The molecule has 172 valence electrons. The van der Waals surface area contributed by atoms with Gasteiger partial charge in [-0.15, -0.1) is 0 Å². The minimum Gasteiger partial charge on any atom is -0.497 e. The highest BCUT2D eigenvalue weighted by molar-refractivity contribution is 8.06. The van der Waals surface area contributed by atoms with Crippen LogP contribution in [0.25, 0.3) is 5.70 Å². The number of ketones is 1. The number of fused-ring (bicyclic) bond motifs is 1. The Hall–Kier alpha value is -2.59. The standard InChI is InChI=1S/C24H24N2O5S2/c1-30-19-7-5-17(6-8-19)22-16-32-24-21(9-10-26(22)24)23(27)18-3-2-4-20(15-18)33(28,29)25-11-13-31-14-12-25/h2-8,15-16H,9-14H2,1H3. The third-order valence-electron chi connectivity index (χ3n) is 6.03. The molecule has 2 aromatic carbocycles. The molecule has 0 aliphatic carbocycles. The number of nitrogens with zero attached hydrogens (tertiary/aromatic N) is 2. The molecular formula is C24H24N2O5S2. The van der Waals surface area contributed by atoms with E-state index < -0.39 is 10.0 Å². The Balaban J connectivity index is 1.39. The van der Waals surface area contributed by atoms with E-state index in [-0.39, 0.29) is 10.7 Å². The van der Waals surface area contributed by atoms with Crippen molar-refractivity contribution in [2.24, 2.45) is 0 Å². The van der Waals surface area contributed by atoms with Crippen LogP contribution in [0.3, 0.4) is 0 Å². The van der Waals surface area contributed by atoms with Gasteiger partial charge in [-0.05, 0) is 48.4 Å². The SMILES string of the molecule is COc1ccc(C2=CSC3=C(C(=O)c4cccc(S(=O)(=O)N5CCOCC5)c4)CCN23)cc1. The maximum absolute atomic E-state index is 13.4. The number of hydrogen-bond acceptors (Lipinski definition) is 7. The van der Waals surface area contributed by atoms with E-state index in [4.69, 9.17) is 9.47 Å². The lowest BCUT2D eigenvalue weighted by Crippen LogP contribution is -2.40. The average molecular weight is 485 g/mol. The van der Waals surface area contributed by atoms with Crippen molar-refractivity contribution in [2.75, 3.05) is 40.0 Å². The number of carbonyl (C=O) groups is 1. The van der Waals surface area contributed by atoms with Gasteiger partial charge in [-0.3, -0.25) is 4.79 Å². The van der Waals surface area contributed by atoms with Gasteiger partial charge in [0.15, 0.2) is 5.78 Å². The van der Waals surface area contributed by atoms with Gasteiger partial charge >= 0.3 is 0 Å². The second-order valence-corrected chi connectivity index (χ2v) is 10.7. The van der Waals surface area contributed by atoms with E-state index in [1.54, 1.807) is 37.1 Å². The quantitative estimate of drug-likeness (QED) is 0.581. The summed E-state index contributed by atoms with van der Waals surface area (Å²) in [6, 6.07) is 14.2. The Labute approximate surface area is 197 Å². The third kappa shape index (κ3) is 4.10. The summed E-state index contributed by atoms with van der Waals surface area (Å²) in [6.45, 7) is 2.12. The van der Waals surface area contributed by atoms with Crippen molar-refractivity contribution in [1.82, 2.24) is 9.21 Å². The predicted octanol–water partition coefficient (Wildman–Crippen LogP) is 3.56. The normalized spacial score (nSPS) is 18.9. The average Bonchev–Trinajstić information content (AvgIpc) is 3.47. The van der Waals surface area contributed by atoms with E-state index in [0.717, 1.165) is 27.6 Å². The molecule has 3 aliphatic rings. The molecule has 0 saturated carbocycles. The van der Waals surface area contributed by atoms with Gasteiger partial charge in [0.25, 0.3) is 0 Å². The van der Waals surface area contributed by atoms with Gasteiger partial charge in [0, 0.05) is 36.2 Å². The smallest absolute Gasteiger partial charge is 0.243 e. The molecule has 0 aromatic heterocycles. The van der Waals surface area contributed by atoms with Gasteiger partial charge < -0.3 is 14.4 Å². The fourth-order valence-electron chi connectivity index (χ4n) is 4.24. The first-order chi connectivity index (χ1) is 16.0. The van der Waals surface area contributed by atoms with Crippen molar-refractivity contribution in [2.45, 2.75) is 11.3 Å². The van der Waals surface area contributed by atoms with E-state index in [9.17, 15) is 13.2 Å². The molecule has 7 nitrogen and oxygen atoms in total. The lowest BCUT2D eigenvalue weighted by atomic mass is 10.0. The minimum absolute atomic E-state index is 0.122. The second-order valence-electron chi connectivity index (χ2n) is 7.91. The maximum Gasteiger partial charge on any atom is 0.243 e. The van der Waals surface area contributed by atoms with Gasteiger partial charge in [-0.2, -0.15) is 4.31 Å². The van der Waals surface area contributed by atoms with Crippen molar-refractivity contribution in [1.29, 1.82) is 0 Å². The molecule has 0 unspecified atom stereocenters. The van der Waals surface area contributed by atoms with E-state index in [1.807, 2.05) is 24.3 Å². The zero-order chi connectivity index (χ0) is 23.0. The van der Waals surface area contributed by atoms with Crippen LogP contribution in [0.5, 0.6) is 5.75 Å². The number of methoxy groups -OCH3 is 1. The van der Waals surface area contributed by atoms with Crippen molar-refractivity contribution < 1.29 is 22.7 Å². The maximum atomic E-state index is 13.4. The van der Waals surface area contributed by atoms with Crippen molar-refractivity contribution in [3.05, 3.63) is 75.7 Å². The number of morpholine rings is 1. The van der Waals surface area contributed by atoms with Gasteiger partial charge in [-0.1, -0.05) is 23.9 Å². The predicted molar refractivity (Wildman–Crippen MR) is 127 cm³/mol. The molecule has 0 amide bonds. The first-order valence-electron chi connectivity index (χ1n) is 10.7. The molecule has 9 heteroatoms. The molecule has 3 aliphatic heterocycles. The molecule has 0 atom stereocenters. The van der Waals surface area contributed by atoms with Crippen molar-refractivity contribution in [3.63, 3.8) is 0 Å². The third-order valence-corrected chi connectivity index (χ3v) is 8.95. The summed E-state index contributed by atoms with van der Waals surface area (Å²) in [7, 11) is -2.02. The Bertz CT molecular complexity index is 1250. The summed E-state index contributed by atoms with van der Waals surface area (Å²) >= 11 is 1.54. The van der Waals surface area contributed by atoms with Crippen LogP contribution in [-0.2, 0) is 14.8 Å². The second kappa shape index (κ2) is 8.98. The number of Topliss-reactive ketones (excluding diaryl/α,β-unsaturated/α-hetero) is 1. The molecule has 0 radical (unpaired) electrons. The molecule has 33 heavy (non-hydrogen) atoms. The summed E-state index contributed by atoms with van der Waals surface area (Å²) in [4.78, 5) is 15.7. The monoisotopic (exact) mass is 484 g/mol. The highest BCUT2D eigenvalue weighted by Crippen LogP contribution is 2.46. The van der Waals surface area contributed by atoms with Gasteiger partial charge in [0.2, 0.25) is 10.0 Å². The lowest BCUT2D eigenvalue weighted by Gasteiger charge is -2.26. The van der Waals surface area contributed by atoms with E-state index >= 15 is 0 Å². The van der Waals surface area contributed by atoms with Gasteiger partial charge in [0.05, 0.1) is 35.9 Å². The van der Waals surface area contributed by atoms with E-state index in [0.29, 0.717) is 44.8 Å². The molecule has 2 aromatic rings. The molecule has 1 saturated heterocycles. The summed E-state index contributed by atoms with van der Waals surface area (Å²) in [5.41, 5.74) is 3.24. The molecule has 0 N–H and O–H groups in total. The highest BCUT2D eigenvalue weighted by atomic mass is 32.2. The Morgan fingerprint density at radius 1 is 1.06 bits per heavy atom. The number of carbonyl (C=O) groups excluding carboxylic acids is 1. The summed E-state index contributed by atoms with van der Waals surface area (Å²) in [5.74, 6) is 0.674. The number of sulfonamides is 1. The molecule has 0 bridgehead atoms. The van der Waals surface area contributed by atoms with Crippen LogP contribution in [0, 0.1) is 0 Å². The summed E-state index contributed by atoms with van der Waals surface area (Å²) < 4.78 is 38.0. The number of ether oxygens (including phenoxy) is 2. The van der Waals surface area contributed by atoms with Crippen LogP contribution in [0.2, 0.25) is 0 Å². The Morgan fingerprint density at radius 2 is 1.82 bits per heavy atom. The molecule has 0 spiro atoms. The molecule has 1 fully saturated rings. The Morgan fingerprint density at radius 3 is 2.55 bits per heavy atom. The van der Waals surface area contributed by atoms with Crippen molar-refractivity contribution >= 4 is 33.3 Å². The first-order valence-corrected chi connectivity index (χ1v) is 13.1. The van der Waals surface area contributed by atoms with Crippen LogP contribution in [0.4, 0.5) is 0 Å².